The molecule has 16 heavy (non-hydrogen) atoms. The normalized spacial score (nSPS) is 18.9. The molecule has 1 saturated carbocycles. The molecule has 1 aromatic rings. The van der Waals surface area contributed by atoms with Crippen molar-refractivity contribution >= 4 is 0 Å². The number of hydrogen-bond acceptors (Lipinski definition) is 1. The number of rotatable bonds is 4. The second-order valence-corrected chi connectivity index (χ2v) is 5.14. The molecule has 0 radical (unpaired) electrons. The zero-order chi connectivity index (χ0) is 11.4. The van der Waals surface area contributed by atoms with Crippen LogP contribution in [-0.2, 0) is 5.41 Å². The molecule has 1 aromatic carbocycles. The molecule has 1 N–H and O–H groups in total. The highest BCUT2D eigenvalue weighted by Gasteiger charge is 2.34. The molecule has 0 spiro atoms. The van der Waals surface area contributed by atoms with Gasteiger partial charge in [-0.3, -0.25) is 0 Å². The monoisotopic (exact) mass is 217 g/mol. The van der Waals surface area contributed by atoms with Gasteiger partial charge in [0.2, 0.25) is 0 Å². The van der Waals surface area contributed by atoms with Gasteiger partial charge in [-0.25, -0.2) is 0 Å². The molecule has 1 heteroatoms. The molecule has 2 rings (SSSR count). The first-order chi connectivity index (χ1) is 7.77. The second kappa shape index (κ2) is 5.01. The van der Waals surface area contributed by atoms with Crippen LogP contribution < -0.4 is 5.32 Å². The van der Waals surface area contributed by atoms with Crippen LogP contribution in [0.4, 0.5) is 0 Å². The maximum absolute atomic E-state index is 3.55. The van der Waals surface area contributed by atoms with Crippen molar-refractivity contribution in [2.75, 3.05) is 13.1 Å². The molecule has 0 unspecified atom stereocenters. The van der Waals surface area contributed by atoms with Crippen molar-refractivity contribution in [1.29, 1.82) is 0 Å². The predicted octanol–water partition coefficient (Wildman–Crippen LogP) is 3.42. The first-order valence-corrected chi connectivity index (χ1v) is 6.55. The third kappa shape index (κ3) is 2.30. The van der Waals surface area contributed by atoms with Crippen molar-refractivity contribution in [3.8, 4) is 0 Å². The van der Waals surface area contributed by atoms with E-state index in [0.29, 0.717) is 5.41 Å². The van der Waals surface area contributed by atoms with E-state index in [4.69, 9.17) is 0 Å². The maximum atomic E-state index is 3.55. The Labute approximate surface area is 99.3 Å². The minimum Gasteiger partial charge on any atom is -0.316 e. The van der Waals surface area contributed by atoms with E-state index in [-0.39, 0.29) is 0 Å². The Morgan fingerprint density at radius 3 is 2.62 bits per heavy atom. The standard InChI is InChI=1S/C15H23N/c1-3-16-12-15(9-4-5-10-15)14-8-6-7-13(2)11-14/h6-8,11,16H,3-5,9-10,12H2,1-2H3. The van der Waals surface area contributed by atoms with E-state index < -0.39 is 0 Å². The summed E-state index contributed by atoms with van der Waals surface area (Å²) in [6.07, 6.45) is 5.48. The largest absolute Gasteiger partial charge is 0.316 e. The summed E-state index contributed by atoms with van der Waals surface area (Å²) < 4.78 is 0. The zero-order valence-corrected chi connectivity index (χ0v) is 10.6. The Hall–Kier alpha value is -0.820. The summed E-state index contributed by atoms with van der Waals surface area (Å²) in [6, 6.07) is 9.09. The lowest BCUT2D eigenvalue weighted by molar-refractivity contribution is 0.410. The summed E-state index contributed by atoms with van der Waals surface area (Å²) in [7, 11) is 0. The zero-order valence-electron chi connectivity index (χ0n) is 10.6. The van der Waals surface area contributed by atoms with Gasteiger partial charge in [0.1, 0.15) is 0 Å². The van der Waals surface area contributed by atoms with Crippen molar-refractivity contribution in [2.45, 2.75) is 44.9 Å². The van der Waals surface area contributed by atoms with Crippen LogP contribution in [-0.4, -0.2) is 13.1 Å². The van der Waals surface area contributed by atoms with Crippen LogP contribution in [0.25, 0.3) is 0 Å². The van der Waals surface area contributed by atoms with E-state index in [2.05, 4.69) is 43.4 Å². The van der Waals surface area contributed by atoms with E-state index in [1.54, 1.807) is 5.56 Å². The van der Waals surface area contributed by atoms with Crippen molar-refractivity contribution < 1.29 is 0 Å². The van der Waals surface area contributed by atoms with E-state index >= 15 is 0 Å². The molecule has 1 fully saturated rings. The van der Waals surface area contributed by atoms with Crippen LogP contribution in [0, 0.1) is 6.92 Å². The molecular formula is C15H23N. The second-order valence-electron chi connectivity index (χ2n) is 5.14. The van der Waals surface area contributed by atoms with Gasteiger partial charge in [0.25, 0.3) is 0 Å². The third-order valence-electron chi connectivity index (χ3n) is 3.90. The minimum atomic E-state index is 0.419. The summed E-state index contributed by atoms with van der Waals surface area (Å²) in [5, 5.41) is 3.55. The van der Waals surface area contributed by atoms with Crippen LogP contribution in [0.15, 0.2) is 24.3 Å². The number of hydrogen-bond donors (Lipinski definition) is 1. The van der Waals surface area contributed by atoms with Crippen LogP contribution in [0.5, 0.6) is 0 Å². The van der Waals surface area contributed by atoms with Crippen LogP contribution in [0.3, 0.4) is 0 Å². The Balaban J connectivity index is 2.24. The average Bonchev–Trinajstić information content (AvgIpc) is 2.76. The van der Waals surface area contributed by atoms with Crippen molar-refractivity contribution in [1.82, 2.24) is 5.32 Å². The van der Waals surface area contributed by atoms with E-state index in [9.17, 15) is 0 Å². The lowest BCUT2D eigenvalue weighted by Gasteiger charge is -2.30. The van der Waals surface area contributed by atoms with Gasteiger partial charge in [-0.2, -0.15) is 0 Å². The van der Waals surface area contributed by atoms with E-state index in [1.807, 2.05) is 0 Å². The quantitative estimate of drug-likeness (QED) is 0.815. The van der Waals surface area contributed by atoms with Gasteiger partial charge >= 0.3 is 0 Å². The fourth-order valence-electron chi connectivity index (χ4n) is 2.96. The first-order valence-electron chi connectivity index (χ1n) is 6.55. The van der Waals surface area contributed by atoms with E-state index in [0.717, 1.165) is 13.1 Å². The fraction of sp³-hybridized carbons (Fsp3) is 0.600. The van der Waals surface area contributed by atoms with Gasteiger partial charge in [0, 0.05) is 12.0 Å². The van der Waals surface area contributed by atoms with Gasteiger partial charge in [-0.15, -0.1) is 0 Å². The first kappa shape index (κ1) is 11.7. The lowest BCUT2D eigenvalue weighted by Crippen LogP contribution is -2.35. The maximum Gasteiger partial charge on any atom is 0.00778 e. The molecule has 1 aliphatic carbocycles. The van der Waals surface area contributed by atoms with Gasteiger partial charge in [0.15, 0.2) is 0 Å². The molecule has 0 atom stereocenters. The lowest BCUT2D eigenvalue weighted by atomic mass is 9.78. The Kier molecular flexibility index (Phi) is 3.65. The summed E-state index contributed by atoms with van der Waals surface area (Å²) in [4.78, 5) is 0. The number of nitrogens with one attached hydrogen (secondary N) is 1. The number of benzene rings is 1. The smallest absolute Gasteiger partial charge is 0.00778 e. The van der Waals surface area contributed by atoms with Crippen LogP contribution in [0.2, 0.25) is 0 Å². The van der Waals surface area contributed by atoms with Crippen molar-refractivity contribution in [3.63, 3.8) is 0 Å². The van der Waals surface area contributed by atoms with Gasteiger partial charge in [0.05, 0.1) is 0 Å². The highest BCUT2D eigenvalue weighted by molar-refractivity contribution is 5.31. The summed E-state index contributed by atoms with van der Waals surface area (Å²) in [5.74, 6) is 0. The van der Waals surface area contributed by atoms with Gasteiger partial charge in [-0.1, -0.05) is 49.6 Å². The minimum absolute atomic E-state index is 0.419. The molecule has 0 saturated heterocycles. The highest BCUT2D eigenvalue weighted by atomic mass is 14.9. The van der Waals surface area contributed by atoms with Crippen LogP contribution >= 0.6 is 0 Å². The fourth-order valence-corrected chi connectivity index (χ4v) is 2.96. The number of likely N-dealkylation sites (N-methyl/N-ethyl adjacent to an activating group) is 1. The SMILES string of the molecule is CCNCC1(c2cccc(C)c2)CCCC1. The molecule has 1 aliphatic rings. The molecule has 0 bridgehead atoms. The summed E-state index contributed by atoms with van der Waals surface area (Å²) >= 11 is 0. The molecule has 88 valence electrons. The predicted molar refractivity (Wildman–Crippen MR) is 69.9 cm³/mol. The van der Waals surface area contributed by atoms with Crippen molar-refractivity contribution in [3.05, 3.63) is 35.4 Å². The topological polar surface area (TPSA) is 12.0 Å². The molecule has 1 nitrogen and oxygen atoms in total. The molecule has 0 amide bonds. The average molecular weight is 217 g/mol. The summed E-state index contributed by atoms with van der Waals surface area (Å²) in [6.45, 7) is 6.61. The number of aryl methyl sites for hydroxylation is 1. The third-order valence-corrected chi connectivity index (χ3v) is 3.90. The molecule has 0 aliphatic heterocycles. The molecule has 0 heterocycles. The van der Waals surface area contributed by atoms with Crippen molar-refractivity contribution in [2.24, 2.45) is 0 Å². The van der Waals surface area contributed by atoms with E-state index in [1.165, 1.54) is 31.2 Å². The summed E-state index contributed by atoms with van der Waals surface area (Å²) in [5.41, 5.74) is 3.35. The van der Waals surface area contributed by atoms with Gasteiger partial charge < -0.3 is 5.32 Å². The Bertz CT molecular complexity index is 337. The highest BCUT2D eigenvalue weighted by Crippen LogP contribution is 2.40. The van der Waals surface area contributed by atoms with Crippen LogP contribution in [0.1, 0.15) is 43.7 Å². The molecule has 0 aromatic heterocycles. The Morgan fingerprint density at radius 2 is 2.00 bits per heavy atom. The molecular weight excluding hydrogens is 194 g/mol. The Morgan fingerprint density at radius 1 is 1.25 bits per heavy atom. The van der Waals surface area contributed by atoms with Gasteiger partial charge in [-0.05, 0) is 31.9 Å².